The molecule has 8 heteroatoms. The van der Waals surface area contributed by atoms with Crippen molar-refractivity contribution in [1.82, 2.24) is 10.2 Å². The van der Waals surface area contributed by atoms with Crippen LogP contribution in [0, 0.1) is 13.8 Å². The van der Waals surface area contributed by atoms with Gasteiger partial charge in [0.15, 0.2) is 0 Å². The quantitative estimate of drug-likeness (QED) is 0.670. The zero-order valence-corrected chi connectivity index (χ0v) is 13.8. The summed E-state index contributed by atoms with van der Waals surface area (Å²) in [5, 5.41) is 4.51. The summed E-state index contributed by atoms with van der Waals surface area (Å²) in [6.07, 6.45) is 0. The molecule has 0 saturated carbocycles. The van der Waals surface area contributed by atoms with Gasteiger partial charge in [-0.2, -0.15) is 0 Å². The van der Waals surface area contributed by atoms with Crippen LogP contribution in [0.1, 0.15) is 11.1 Å². The Morgan fingerprint density at radius 3 is 2.38 bits per heavy atom. The highest BCUT2D eigenvalue weighted by Gasteiger charge is 2.19. The van der Waals surface area contributed by atoms with Gasteiger partial charge in [-0.3, -0.25) is 24.5 Å². The van der Waals surface area contributed by atoms with Gasteiger partial charge in [0.25, 0.3) is 21.1 Å². The number of benzene rings is 2. The molecule has 0 amide bonds. The molecule has 0 saturated heterocycles. The second-order valence-corrected chi connectivity index (χ2v) is 7.16. The largest absolute Gasteiger partial charge is 0.279 e. The summed E-state index contributed by atoms with van der Waals surface area (Å²) in [7, 11) is -3.90. The molecule has 7 nitrogen and oxygen atoms in total. The maximum Gasteiger partial charge on any atom is 0.272 e. The molecule has 24 heavy (non-hydrogen) atoms. The molecule has 0 aliphatic carbocycles. The molecule has 124 valence electrons. The van der Waals surface area contributed by atoms with E-state index in [1.165, 1.54) is 24.3 Å². The Morgan fingerprint density at radius 1 is 0.958 bits per heavy atom. The minimum absolute atomic E-state index is 0.00501. The molecule has 0 fully saturated rings. The third-order valence-electron chi connectivity index (χ3n) is 3.69. The number of aryl methyl sites for hydroxylation is 2. The van der Waals surface area contributed by atoms with Gasteiger partial charge >= 0.3 is 0 Å². The lowest BCUT2D eigenvalue weighted by molar-refractivity contribution is 0.600. The fraction of sp³-hybridized carbons (Fsp3) is 0.125. The van der Waals surface area contributed by atoms with Crippen molar-refractivity contribution < 1.29 is 8.42 Å². The highest BCUT2D eigenvalue weighted by Crippen LogP contribution is 2.23. The monoisotopic (exact) mass is 345 g/mol. The van der Waals surface area contributed by atoms with Gasteiger partial charge in [0.05, 0.1) is 21.4 Å². The first-order valence-electron chi connectivity index (χ1n) is 7.13. The van der Waals surface area contributed by atoms with Gasteiger partial charge in [-0.1, -0.05) is 23.8 Å². The van der Waals surface area contributed by atoms with E-state index in [0.29, 0.717) is 5.56 Å². The predicted molar refractivity (Wildman–Crippen MR) is 91.9 cm³/mol. The molecule has 2 aromatic carbocycles. The third kappa shape index (κ3) is 2.71. The normalized spacial score (nSPS) is 11.6. The predicted octanol–water partition coefficient (Wildman–Crippen LogP) is 1.63. The van der Waals surface area contributed by atoms with E-state index in [9.17, 15) is 18.0 Å². The van der Waals surface area contributed by atoms with Crippen LogP contribution in [0.5, 0.6) is 0 Å². The first kappa shape index (κ1) is 16.0. The first-order chi connectivity index (χ1) is 11.3. The number of aromatic nitrogens is 2. The number of rotatable bonds is 3. The van der Waals surface area contributed by atoms with E-state index < -0.39 is 21.1 Å². The second kappa shape index (κ2) is 5.64. The van der Waals surface area contributed by atoms with Crippen molar-refractivity contribution in [1.29, 1.82) is 0 Å². The zero-order valence-electron chi connectivity index (χ0n) is 13.0. The summed E-state index contributed by atoms with van der Waals surface area (Å²) in [6, 6.07) is 9.37. The minimum Gasteiger partial charge on any atom is -0.279 e. The van der Waals surface area contributed by atoms with Crippen LogP contribution in [-0.2, 0) is 10.0 Å². The molecule has 0 unspecified atom stereocenters. The number of hydrogen-bond acceptors (Lipinski definition) is 4. The highest BCUT2D eigenvalue weighted by atomic mass is 32.2. The third-order valence-corrected chi connectivity index (χ3v) is 5.22. The fourth-order valence-corrected chi connectivity index (χ4v) is 3.91. The van der Waals surface area contributed by atoms with E-state index >= 15 is 0 Å². The maximum atomic E-state index is 12.7. The van der Waals surface area contributed by atoms with E-state index in [4.69, 9.17) is 0 Å². The minimum atomic E-state index is -3.90. The van der Waals surface area contributed by atoms with Gasteiger partial charge < -0.3 is 0 Å². The van der Waals surface area contributed by atoms with Gasteiger partial charge in [0.2, 0.25) is 0 Å². The first-order valence-corrected chi connectivity index (χ1v) is 8.62. The van der Waals surface area contributed by atoms with Crippen LogP contribution in [0.25, 0.3) is 10.8 Å². The van der Waals surface area contributed by atoms with Gasteiger partial charge in [0.1, 0.15) is 0 Å². The van der Waals surface area contributed by atoms with Crippen molar-refractivity contribution in [2.45, 2.75) is 18.7 Å². The topological polar surface area (TPSA) is 112 Å². The molecule has 3 aromatic rings. The van der Waals surface area contributed by atoms with Gasteiger partial charge in [-0.05, 0) is 37.6 Å². The molecule has 0 radical (unpaired) electrons. The van der Waals surface area contributed by atoms with Crippen LogP contribution in [0.2, 0.25) is 0 Å². The lowest BCUT2D eigenvalue weighted by atomic mass is 10.1. The molecule has 0 bridgehead atoms. The Kier molecular flexibility index (Phi) is 3.76. The van der Waals surface area contributed by atoms with Gasteiger partial charge in [-0.25, -0.2) is 8.42 Å². The smallest absolute Gasteiger partial charge is 0.272 e. The number of anilines is 1. The Morgan fingerprint density at radius 2 is 1.67 bits per heavy atom. The van der Waals surface area contributed by atoms with Crippen molar-refractivity contribution in [3.05, 3.63) is 68.2 Å². The number of fused-ring (bicyclic) bond motifs is 1. The van der Waals surface area contributed by atoms with Crippen LogP contribution in [0.3, 0.4) is 0 Å². The van der Waals surface area contributed by atoms with E-state index in [1.54, 1.807) is 19.1 Å². The lowest BCUT2D eigenvalue weighted by Crippen LogP contribution is -2.22. The molecular weight excluding hydrogens is 330 g/mol. The molecule has 0 aliphatic rings. The molecule has 0 spiro atoms. The second-order valence-electron chi connectivity index (χ2n) is 5.51. The maximum absolute atomic E-state index is 12.7. The molecule has 3 N–H and O–H groups in total. The molecule has 1 aromatic heterocycles. The van der Waals surface area contributed by atoms with E-state index in [2.05, 4.69) is 14.9 Å². The zero-order chi connectivity index (χ0) is 17.5. The summed E-state index contributed by atoms with van der Waals surface area (Å²) in [6.45, 7) is 3.57. The van der Waals surface area contributed by atoms with Crippen molar-refractivity contribution in [3.8, 4) is 0 Å². The van der Waals surface area contributed by atoms with Crippen molar-refractivity contribution in [2.24, 2.45) is 0 Å². The van der Waals surface area contributed by atoms with Crippen LogP contribution in [0.15, 0.2) is 50.9 Å². The molecule has 1 heterocycles. The highest BCUT2D eigenvalue weighted by molar-refractivity contribution is 7.92. The van der Waals surface area contributed by atoms with Crippen LogP contribution in [-0.4, -0.2) is 18.6 Å². The average Bonchev–Trinajstić information content (AvgIpc) is 2.50. The van der Waals surface area contributed by atoms with Crippen LogP contribution < -0.4 is 15.8 Å². The van der Waals surface area contributed by atoms with Gasteiger partial charge in [-0.15, -0.1) is 0 Å². The summed E-state index contributed by atoms with van der Waals surface area (Å²) in [5.41, 5.74) is 0.509. The van der Waals surface area contributed by atoms with E-state index in [1.807, 2.05) is 6.92 Å². The fourth-order valence-electron chi connectivity index (χ4n) is 2.62. The number of sulfonamides is 1. The lowest BCUT2D eigenvalue weighted by Gasteiger charge is -2.12. The Labute approximate surface area is 137 Å². The SMILES string of the molecule is Cc1ccc(S(=O)(=O)Nc2cccc3c(=O)[nH][nH]c(=O)c23)c(C)c1. The molecule has 0 aliphatic heterocycles. The molecule has 0 atom stereocenters. The molecular formula is C16H15N3O4S. The number of H-pyrrole nitrogens is 2. The van der Waals surface area contributed by atoms with Crippen LogP contribution in [0.4, 0.5) is 5.69 Å². The summed E-state index contributed by atoms with van der Waals surface area (Å²) >= 11 is 0. The Bertz CT molecular complexity index is 1160. The van der Waals surface area contributed by atoms with Crippen molar-refractivity contribution in [2.75, 3.05) is 4.72 Å². The van der Waals surface area contributed by atoms with Gasteiger partial charge in [0, 0.05) is 0 Å². The Hall–Kier alpha value is -2.87. The Balaban J connectivity index is 2.18. The van der Waals surface area contributed by atoms with Crippen molar-refractivity contribution in [3.63, 3.8) is 0 Å². The summed E-state index contributed by atoms with van der Waals surface area (Å²) in [4.78, 5) is 23.9. The van der Waals surface area contributed by atoms with Crippen LogP contribution >= 0.6 is 0 Å². The summed E-state index contributed by atoms with van der Waals surface area (Å²) < 4.78 is 27.7. The number of hydrogen-bond donors (Lipinski definition) is 3. The molecule has 3 rings (SSSR count). The number of nitrogens with one attached hydrogen (secondary N) is 3. The van der Waals surface area contributed by atoms with Crippen molar-refractivity contribution >= 4 is 26.5 Å². The standard InChI is InChI=1S/C16H15N3O4S/c1-9-6-7-13(10(2)8-9)24(22,23)19-12-5-3-4-11-14(12)16(21)18-17-15(11)20/h3-8,19H,1-2H3,(H,17,20)(H,18,21). The van der Waals surface area contributed by atoms with E-state index in [-0.39, 0.29) is 21.4 Å². The average molecular weight is 345 g/mol. The number of aromatic amines is 2. The van der Waals surface area contributed by atoms with E-state index in [0.717, 1.165) is 5.56 Å². The summed E-state index contributed by atoms with van der Waals surface area (Å²) in [5.74, 6) is 0.